The Kier molecular flexibility index (Phi) is 10.7. The number of aryl methyl sites for hydroxylation is 4. The topological polar surface area (TPSA) is 6.48 Å². The minimum absolute atomic E-state index is 0.0259. The van der Waals surface area contributed by atoms with Crippen molar-refractivity contribution in [1.29, 1.82) is 0 Å². The van der Waals surface area contributed by atoms with Crippen LogP contribution < -0.4 is 9.80 Å². The van der Waals surface area contributed by atoms with E-state index in [0.29, 0.717) is 0 Å². The normalized spacial score (nSPS) is 16.7. The van der Waals surface area contributed by atoms with Crippen LogP contribution in [0.2, 0.25) is 0 Å². The van der Waals surface area contributed by atoms with Crippen molar-refractivity contribution in [2.45, 2.75) is 58.8 Å². The maximum Gasteiger partial charge on any atom is 0.0715 e. The van der Waals surface area contributed by atoms with Gasteiger partial charge in [0.05, 0.1) is 5.41 Å². The van der Waals surface area contributed by atoms with Gasteiger partial charge in [0, 0.05) is 39.5 Å². The molecule has 354 valence electrons. The first kappa shape index (κ1) is 44.7. The molecule has 0 N–H and O–H groups in total. The Labute approximate surface area is 432 Å². The van der Waals surface area contributed by atoms with E-state index in [1.54, 1.807) is 0 Å². The molecule has 0 saturated carbocycles. The molecule has 0 radical (unpaired) electrons. The molecule has 2 heteroatoms. The second-order valence-electron chi connectivity index (χ2n) is 21.8. The molecule has 1 unspecified atom stereocenters. The van der Waals surface area contributed by atoms with E-state index < -0.39 is 5.41 Å². The largest absolute Gasteiger partial charge is 0.311 e. The fourth-order valence-corrected chi connectivity index (χ4v) is 11.9. The number of fused-ring (bicyclic) bond motifs is 5. The molecule has 4 aliphatic carbocycles. The number of hydrogen-bond acceptors (Lipinski definition) is 2. The molecule has 1 atom stereocenters. The van der Waals surface area contributed by atoms with Crippen molar-refractivity contribution in [1.82, 2.24) is 0 Å². The van der Waals surface area contributed by atoms with Crippen LogP contribution in [0.5, 0.6) is 0 Å². The summed E-state index contributed by atoms with van der Waals surface area (Å²) in [5.74, 6) is 0. The summed E-state index contributed by atoms with van der Waals surface area (Å²) < 4.78 is 0. The Morgan fingerprint density at radius 3 is 1.27 bits per heavy atom. The van der Waals surface area contributed by atoms with Crippen molar-refractivity contribution >= 4 is 28.4 Å². The lowest BCUT2D eigenvalue weighted by atomic mass is 9.67. The van der Waals surface area contributed by atoms with Gasteiger partial charge in [-0.15, -0.1) is 0 Å². The molecule has 0 spiro atoms. The number of allylic oxidation sites excluding steroid dienone is 5. The number of benzene rings is 9. The molecule has 9 aromatic rings. The van der Waals surface area contributed by atoms with Crippen LogP contribution in [0.3, 0.4) is 0 Å². The smallest absolute Gasteiger partial charge is 0.0715 e. The lowest BCUT2D eigenvalue weighted by Gasteiger charge is -2.37. The predicted octanol–water partition coefficient (Wildman–Crippen LogP) is 18.3. The zero-order valence-electron chi connectivity index (χ0n) is 42.3. The van der Waals surface area contributed by atoms with Crippen LogP contribution >= 0.6 is 0 Å². The summed E-state index contributed by atoms with van der Waals surface area (Å²) in [6, 6.07) is 80.1. The van der Waals surface area contributed by atoms with Crippen LogP contribution in [0.1, 0.15) is 72.2 Å². The molecule has 2 nitrogen and oxygen atoms in total. The van der Waals surface area contributed by atoms with Crippen LogP contribution in [0.25, 0.3) is 33.4 Å². The number of para-hydroxylation sites is 1. The lowest BCUT2D eigenvalue weighted by Crippen LogP contribution is -2.29. The molecule has 0 amide bonds. The van der Waals surface area contributed by atoms with Gasteiger partial charge in [-0.1, -0.05) is 198 Å². The highest BCUT2D eigenvalue weighted by molar-refractivity contribution is 5.92. The minimum Gasteiger partial charge on any atom is -0.311 e. The molecule has 13 rings (SSSR count). The Morgan fingerprint density at radius 2 is 0.808 bits per heavy atom. The van der Waals surface area contributed by atoms with Crippen LogP contribution in [0.15, 0.2) is 248 Å². The molecule has 0 bridgehead atoms. The molecule has 4 aliphatic rings. The van der Waals surface area contributed by atoms with Crippen molar-refractivity contribution in [3.63, 3.8) is 0 Å². The van der Waals surface area contributed by atoms with Gasteiger partial charge < -0.3 is 9.80 Å². The Hall–Kier alpha value is -8.20. The van der Waals surface area contributed by atoms with Crippen molar-refractivity contribution in [2.75, 3.05) is 9.80 Å². The van der Waals surface area contributed by atoms with E-state index in [-0.39, 0.29) is 10.8 Å². The molecule has 0 heterocycles. The van der Waals surface area contributed by atoms with E-state index >= 15 is 0 Å². The number of rotatable bonds is 10. The molecule has 0 aliphatic heterocycles. The van der Waals surface area contributed by atoms with Gasteiger partial charge >= 0.3 is 0 Å². The summed E-state index contributed by atoms with van der Waals surface area (Å²) in [6.07, 6.45) is 16.4. The van der Waals surface area contributed by atoms with E-state index in [9.17, 15) is 0 Å². The summed E-state index contributed by atoms with van der Waals surface area (Å²) in [7, 11) is 0. The predicted molar refractivity (Wildman–Crippen MR) is 307 cm³/mol. The zero-order valence-corrected chi connectivity index (χ0v) is 42.3. The quantitative estimate of drug-likeness (QED) is 0.135. The van der Waals surface area contributed by atoms with E-state index in [0.717, 1.165) is 34.1 Å². The maximum absolute atomic E-state index is 2.50. The van der Waals surface area contributed by atoms with Crippen LogP contribution in [-0.2, 0) is 31.1 Å². The SMILES string of the molecule is CC(C)(C)C1(C)C=CC=C(N(c2ccc(-c3ccc4c(c3)CC4)cc2)c2ccc3c(c2)C(c2ccccc2)(c2ccccc2)c2cc(N(c4ccccc4)c4ccc(-c5ccc6c(c5)CC6)cc4)ccc2-3)C=C1. The molecule has 9 aromatic carbocycles. The fraction of sp³-hybridized carbons (Fsp3) is 0.155. The van der Waals surface area contributed by atoms with Gasteiger partial charge in [-0.05, 0) is 182 Å². The first-order valence-corrected chi connectivity index (χ1v) is 26.2. The van der Waals surface area contributed by atoms with Crippen LogP contribution in [-0.4, -0.2) is 0 Å². The third-order valence-electron chi connectivity index (χ3n) is 16.9. The first-order valence-electron chi connectivity index (χ1n) is 26.2. The van der Waals surface area contributed by atoms with Gasteiger partial charge in [0.25, 0.3) is 0 Å². The number of nitrogens with zero attached hydrogens (tertiary/aromatic N) is 2. The van der Waals surface area contributed by atoms with Crippen LogP contribution in [0, 0.1) is 10.8 Å². The van der Waals surface area contributed by atoms with Crippen molar-refractivity contribution in [2.24, 2.45) is 10.8 Å². The molecule has 73 heavy (non-hydrogen) atoms. The summed E-state index contributed by atoms with van der Waals surface area (Å²) in [5, 5.41) is 0. The van der Waals surface area contributed by atoms with Gasteiger partial charge in [0.15, 0.2) is 0 Å². The standard InChI is InChI=1S/C71H60N2/c1-69(2,3)70(4)43-14-21-60(42-44-70)73(62-36-32-52(33-37-62)56-29-25-50-23-27-54(50)46-56)64-39-41-66-65-40-38-63(47-67(65)71(68(66)48-64,57-15-8-5-9-16-57)58-17-10-6-11-18-58)72(59-19-12-7-13-20-59)61-34-30-51(31-35-61)55-28-24-49-22-26-53(49)45-55/h5-21,24-25,28-48H,22-23,26-27H2,1-4H3. The molecular formula is C71H60N2. The second-order valence-corrected chi connectivity index (χ2v) is 21.8. The average Bonchev–Trinajstić information content (AvgIpc) is 3.54. The van der Waals surface area contributed by atoms with Crippen molar-refractivity contribution < 1.29 is 0 Å². The molecular weight excluding hydrogens is 881 g/mol. The highest BCUT2D eigenvalue weighted by atomic mass is 15.2. The molecule has 0 fully saturated rings. The summed E-state index contributed by atoms with van der Waals surface area (Å²) in [5.41, 5.74) is 24.4. The van der Waals surface area contributed by atoms with E-state index in [2.05, 4.69) is 280 Å². The third-order valence-corrected chi connectivity index (χ3v) is 16.9. The van der Waals surface area contributed by atoms with E-state index in [1.807, 2.05) is 0 Å². The van der Waals surface area contributed by atoms with Gasteiger partial charge in [0.1, 0.15) is 0 Å². The Balaban J connectivity index is 0.986. The number of hydrogen-bond donors (Lipinski definition) is 0. The summed E-state index contributed by atoms with van der Waals surface area (Å²) in [4.78, 5) is 4.89. The first-order chi connectivity index (χ1) is 35.6. The third kappa shape index (κ3) is 7.54. The van der Waals surface area contributed by atoms with Gasteiger partial charge in [-0.2, -0.15) is 0 Å². The maximum atomic E-state index is 2.50. The average molecular weight is 941 g/mol. The Bertz CT molecular complexity index is 3610. The summed E-state index contributed by atoms with van der Waals surface area (Å²) >= 11 is 0. The van der Waals surface area contributed by atoms with E-state index in [1.165, 1.54) is 104 Å². The van der Waals surface area contributed by atoms with Crippen LogP contribution in [0.4, 0.5) is 28.4 Å². The van der Waals surface area contributed by atoms with Gasteiger partial charge in [-0.3, -0.25) is 0 Å². The lowest BCUT2D eigenvalue weighted by molar-refractivity contribution is 0.228. The highest BCUT2D eigenvalue weighted by Gasteiger charge is 2.47. The molecule has 0 aromatic heterocycles. The fourth-order valence-electron chi connectivity index (χ4n) is 11.9. The van der Waals surface area contributed by atoms with Gasteiger partial charge in [-0.25, -0.2) is 0 Å². The summed E-state index contributed by atoms with van der Waals surface area (Å²) in [6.45, 7) is 9.35. The molecule has 0 saturated heterocycles. The van der Waals surface area contributed by atoms with Crippen molar-refractivity contribution in [3.8, 4) is 33.4 Å². The van der Waals surface area contributed by atoms with Gasteiger partial charge in [0.2, 0.25) is 0 Å². The van der Waals surface area contributed by atoms with E-state index in [4.69, 9.17) is 0 Å². The zero-order chi connectivity index (χ0) is 49.3. The highest BCUT2D eigenvalue weighted by Crippen LogP contribution is 2.58. The monoisotopic (exact) mass is 940 g/mol. The number of anilines is 5. The van der Waals surface area contributed by atoms with Crippen molar-refractivity contribution in [3.05, 3.63) is 293 Å². The Morgan fingerprint density at radius 1 is 0.384 bits per heavy atom. The second kappa shape index (κ2) is 17.5. The minimum atomic E-state index is -0.650.